The summed E-state index contributed by atoms with van der Waals surface area (Å²) in [5.74, 6) is 0. The lowest BCUT2D eigenvalue weighted by Crippen LogP contribution is -1.77. The van der Waals surface area contributed by atoms with Crippen LogP contribution in [0.15, 0.2) is 60.7 Å². The third kappa shape index (κ3) is 2.07. The van der Waals surface area contributed by atoms with Crippen molar-refractivity contribution in [1.29, 1.82) is 0 Å². The Bertz CT molecular complexity index is 1060. The fraction of sp³-hybridized carbons (Fsp3) is 0. The normalized spacial score (nSPS) is 10.9. The van der Waals surface area contributed by atoms with E-state index < -0.39 is 0 Å². The SMILES string of the molecule is [C-]#[N+]c1ccc2sc3c(-c4cccc(Cl)c4)cccc3c2c1. The molecule has 0 fully saturated rings. The van der Waals surface area contributed by atoms with Crippen molar-refractivity contribution >= 4 is 48.8 Å². The highest BCUT2D eigenvalue weighted by atomic mass is 35.5. The van der Waals surface area contributed by atoms with Crippen LogP contribution < -0.4 is 0 Å². The monoisotopic (exact) mass is 319 g/mol. The average molecular weight is 320 g/mol. The van der Waals surface area contributed by atoms with Gasteiger partial charge in [0.05, 0.1) is 6.57 Å². The molecule has 0 radical (unpaired) electrons. The van der Waals surface area contributed by atoms with Gasteiger partial charge >= 0.3 is 0 Å². The molecule has 0 saturated carbocycles. The number of nitrogens with zero attached hydrogens (tertiary/aromatic N) is 1. The molecule has 0 atom stereocenters. The lowest BCUT2D eigenvalue weighted by molar-refractivity contribution is 1.67. The second-order valence-electron chi connectivity index (χ2n) is 5.09. The summed E-state index contributed by atoms with van der Waals surface area (Å²) in [6, 6.07) is 20.1. The van der Waals surface area contributed by atoms with Crippen molar-refractivity contribution in [1.82, 2.24) is 0 Å². The summed E-state index contributed by atoms with van der Waals surface area (Å²) in [5, 5.41) is 3.09. The molecular formula is C19H10ClNS. The minimum atomic E-state index is 0.681. The number of rotatable bonds is 1. The number of halogens is 1. The predicted octanol–water partition coefficient (Wildman–Crippen LogP) is 6.93. The van der Waals surface area contributed by atoms with E-state index in [1.165, 1.54) is 20.3 Å². The third-order valence-electron chi connectivity index (χ3n) is 3.75. The Labute approximate surface area is 137 Å². The highest BCUT2D eigenvalue weighted by molar-refractivity contribution is 7.26. The molecule has 1 nitrogen and oxygen atoms in total. The lowest BCUT2D eigenvalue weighted by Gasteiger charge is -2.04. The zero-order valence-electron chi connectivity index (χ0n) is 11.5. The summed E-state index contributed by atoms with van der Waals surface area (Å²) >= 11 is 7.90. The standard InChI is InChI=1S/C19H10ClNS/c1-21-14-8-9-18-17(11-14)16-7-3-6-15(19(16)22-18)12-4-2-5-13(20)10-12/h2-11H. The molecule has 0 aliphatic carbocycles. The second kappa shape index (κ2) is 5.14. The molecule has 0 bridgehead atoms. The Kier molecular flexibility index (Phi) is 3.11. The molecule has 3 heteroatoms. The minimum absolute atomic E-state index is 0.681. The van der Waals surface area contributed by atoms with Crippen LogP contribution in [0, 0.1) is 6.57 Å². The number of benzene rings is 3. The Morgan fingerprint density at radius 2 is 1.77 bits per heavy atom. The molecule has 4 aromatic rings. The Hall–Kier alpha value is -2.34. The molecule has 1 aromatic heterocycles. The van der Waals surface area contributed by atoms with Crippen LogP contribution in [0.25, 0.3) is 36.1 Å². The summed E-state index contributed by atoms with van der Waals surface area (Å²) in [7, 11) is 0. The van der Waals surface area contributed by atoms with Crippen molar-refractivity contribution < 1.29 is 0 Å². The summed E-state index contributed by atoms with van der Waals surface area (Å²) < 4.78 is 2.44. The maximum atomic E-state index is 7.19. The van der Waals surface area contributed by atoms with E-state index in [9.17, 15) is 0 Å². The Morgan fingerprint density at radius 1 is 0.909 bits per heavy atom. The van der Waals surface area contributed by atoms with Crippen LogP contribution in [0.5, 0.6) is 0 Å². The van der Waals surface area contributed by atoms with Crippen molar-refractivity contribution in [3.8, 4) is 11.1 Å². The molecule has 22 heavy (non-hydrogen) atoms. The molecule has 0 spiro atoms. The van der Waals surface area contributed by atoms with Gasteiger partial charge in [-0.3, -0.25) is 0 Å². The molecule has 0 aliphatic rings. The van der Waals surface area contributed by atoms with Gasteiger partial charge in [0.2, 0.25) is 0 Å². The summed E-state index contributed by atoms with van der Waals surface area (Å²) in [4.78, 5) is 3.54. The van der Waals surface area contributed by atoms with Gasteiger partial charge in [-0.2, -0.15) is 0 Å². The molecular weight excluding hydrogens is 310 g/mol. The fourth-order valence-corrected chi connectivity index (χ4v) is 4.15. The van der Waals surface area contributed by atoms with Gasteiger partial charge in [-0.05, 0) is 40.1 Å². The summed E-state index contributed by atoms with van der Waals surface area (Å²) in [6.45, 7) is 7.19. The van der Waals surface area contributed by atoms with E-state index in [-0.39, 0.29) is 0 Å². The van der Waals surface area contributed by atoms with Gasteiger partial charge in [0.25, 0.3) is 0 Å². The van der Waals surface area contributed by atoms with Crippen LogP contribution in [-0.2, 0) is 0 Å². The van der Waals surface area contributed by atoms with E-state index in [1.807, 2.05) is 36.4 Å². The number of fused-ring (bicyclic) bond motifs is 3. The molecule has 4 rings (SSSR count). The van der Waals surface area contributed by atoms with Gasteiger partial charge in [0.15, 0.2) is 5.69 Å². The van der Waals surface area contributed by atoms with Gasteiger partial charge in [-0.25, -0.2) is 4.85 Å². The lowest BCUT2D eigenvalue weighted by atomic mass is 10.0. The second-order valence-corrected chi connectivity index (χ2v) is 6.58. The highest BCUT2D eigenvalue weighted by Gasteiger charge is 2.10. The summed E-state index contributed by atoms with van der Waals surface area (Å²) in [5.41, 5.74) is 2.99. The van der Waals surface area contributed by atoms with Crippen LogP contribution in [0.2, 0.25) is 5.02 Å². The van der Waals surface area contributed by atoms with Crippen molar-refractivity contribution in [3.63, 3.8) is 0 Å². The zero-order valence-corrected chi connectivity index (χ0v) is 13.1. The van der Waals surface area contributed by atoms with Crippen LogP contribution in [0.1, 0.15) is 0 Å². The van der Waals surface area contributed by atoms with Crippen LogP contribution in [0.4, 0.5) is 5.69 Å². The molecule has 3 aromatic carbocycles. The maximum absolute atomic E-state index is 7.19. The number of hydrogen-bond donors (Lipinski definition) is 0. The summed E-state index contributed by atoms with van der Waals surface area (Å²) in [6.07, 6.45) is 0. The quantitative estimate of drug-likeness (QED) is 0.335. The first kappa shape index (κ1) is 13.3. The highest BCUT2D eigenvalue weighted by Crippen LogP contribution is 2.41. The topological polar surface area (TPSA) is 4.36 Å². The van der Waals surface area contributed by atoms with Crippen LogP contribution >= 0.6 is 22.9 Å². The first-order valence-electron chi connectivity index (χ1n) is 6.85. The molecule has 0 aliphatic heterocycles. The molecule has 1 heterocycles. The van der Waals surface area contributed by atoms with E-state index in [1.54, 1.807) is 11.3 Å². The van der Waals surface area contributed by atoms with Gasteiger partial charge < -0.3 is 0 Å². The van der Waals surface area contributed by atoms with E-state index in [2.05, 4.69) is 29.1 Å². The fourth-order valence-electron chi connectivity index (χ4n) is 2.74. The average Bonchev–Trinajstić information content (AvgIpc) is 2.92. The van der Waals surface area contributed by atoms with Crippen molar-refractivity contribution in [2.45, 2.75) is 0 Å². The minimum Gasteiger partial charge on any atom is -0.238 e. The van der Waals surface area contributed by atoms with E-state index >= 15 is 0 Å². The van der Waals surface area contributed by atoms with Gasteiger partial charge in [-0.1, -0.05) is 54.1 Å². The zero-order chi connectivity index (χ0) is 15.1. The Balaban J connectivity index is 2.07. The maximum Gasteiger partial charge on any atom is 0.187 e. The van der Waals surface area contributed by atoms with Crippen molar-refractivity contribution in [3.05, 3.63) is 77.1 Å². The van der Waals surface area contributed by atoms with Crippen LogP contribution in [-0.4, -0.2) is 0 Å². The van der Waals surface area contributed by atoms with Gasteiger partial charge in [-0.15, -0.1) is 11.3 Å². The van der Waals surface area contributed by atoms with E-state index in [4.69, 9.17) is 18.2 Å². The largest absolute Gasteiger partial charge is 0.238 e. The van der Waals surface area contributed by atoms with Crippen molar-refractivity contribution in [2.75, 3.05) is 0 Å². The first-order chi connectivity index (χ1) is 10.8. The van der Waals surface area contributed by atoms with Gasteiger partial charge in [0.1, 0.15) is 0 Å². The molecule has 104 valence electrons. The molecule has 0 N–H and O–H groups in total. The number of thiophene rings is 1. The van der Waals surface area contributed by atoms with Crippen LogP contribution in [0.3, 0.4) is 0 Å². The first-order valence-corrected chi connectivity index (χ1v) is 8.04. The molecule has 0 amide bonds. The smallest absolute Gasteiger partial charge is 0.187 e. The number of hydrogen-bond acceptors (Lipinski definition) is 1. The van der Waals surface area contributed by atoms with Crippen molar-refractivity contribution in [2.24, 2.45) is 0 Å². The molecule has 0 saturated heterocycles. The van der Waals surface area contributed by atoms with E-state index in [0.29, 0.717) is 5.69 Å². The predicted molar refractivity (Wildman–Crippen MR) is 96.0 cm³/mol. The molecule has 0 unspecified atom stereocenters. The third-order valence-corrected chi connectivity index (χ3v) is 5.20. The van der Waals surface area contributed by atoms with Gasteiger partial charge in [0, 0.05) is 14.4 Å². The van der Waals surface area contributed by atoms with E-state index in [0.717, 1.165) is 16.0 Å². The Morgan fingerprint density at radius 3 is 2.59 bits per heavy atom.